The predicted octanol–water partition coefficient (Wildman–Crippen LogP) is 3.63. The van der Waals surface area contributed by atoms with E-state index in [-0.39, 0.29) is 12.5 Å². The second-order valence-electron chi connectivity index (χ2n) is 4.75. The SMILES string of the molecule is C#Cc1cccc(OCc2ccc(-c3nnc(C(F)F)o3)cn2)c1. The summed E-state index contributed by atoms with van der Waals surface area (Å²) in [4.78, 5) is 4.19. The van der Waals surface area contributed by atoms with E-state index >= 15 is 0 Å². The van der Waals surface area contributed by atoms with Crippen molar-refractivity contribution in [2.24, 2.45) is 0 Å². The molecule has 0 spiro atoms. The first kappa shape index (κ1) is 15.6. The minimum atomic E-state index is -2.80. The van der Waals surface area contributed by atoms with Gasteiger partial charge in [-0.25, -0.2) is 0 Å². The molecule has 5 nitrogen and oxygen atoms in total. The fourth-order valence-electron chi connectivity index (χ4n) is 1.91. The summed E-state index contributed by atoms with van der Waals surface area (Å²) in [7, 11) is 0. The van der Waals surface area contributed by atoms with E-state index in [0.717, 1.165) is 5.56 Å². The molecule has 0 aliphatic carbocycles. The fraction of sp³-hybridized carbons (Fsp3) is 0.118. The predicted molar refractivity (Wildman–Crippen MR) is 81.2 cm³/mol. The lowest BCUT2D eigenvalue weighted by molar-refractivity contribution is 0.116. The zero-order chi connectivity index (χ0) is 16.9. The number of terminal acetylenes is 1. The maximum Gasteiger partial charge on any atom is 0.314 e. The highest BCUT2D eigenvalue weighted by Gasteiger charge is 2.17. The molecule has 0 N–H and O–H groups in total. The zero-order valence-electron chi connectivity index (χ0n) is 12.3. The number of alkyl halides is 2. The number of nitrogens with zero attached hydrogens (tertiary/aromatic N) is 3. The standard InChI is InChI=1S/C17H11F2N3O2/c1-2-11-4-3-5-14(8-11)23-10-13-7-6-12(9-20-13)16-21-22-17(24-16)15(18)19/h1,3-9,15H,10H2. The topological polar surface area (TPSA) is 61.0 Å². The van der Waals surface area contributed by atoms with Crippen molar-refractivity contribution in [3.8, 4) is 29.5 Å². The molecule has 0 bridgehead atoms. The monoisotopic (exact) mass is 327 g/mol. The molecule has 0 saturated carbocycles. The van der Waals surface area contributed by atoms with Gasteiger partial charge in [-0.1, -0.05) is 12.0 Å². The van der Waals surface area contributed by atoms with Crippen molar-refractivity contribution in [3.63, 3.8) is 0 Å². The van der Waals surface area contributed by atoms with Crippen LogP contribution in [0, 0.1) is 12.3 Å². The van der Waals surface area contributed by atoms with Gasteiger partial charge in [0.25, 0.3) is 5.89 Å². The van der Waals surface area contributed by atoms with Crippen LogP contribution in [0.3, 0.4) is 0 Å². The Morgan fingerprint density at radius 1 is 1.21 bits per heavy atom. The Hall–Kier alpha value is -3.27. The summed E-state index contributed by atoms with van der Waals surface area (Å²) >= 11 is 0. The Bertz CT molecular complexity index is 870. The number of hydrogen-bond acceptors (Lipinski definition) is 5. The molecule has 0 atom stereocenters. The number of hydrogen-bond donors (Lipinski definition) is 0. The van der Waals surface area contributed by atoms with Crippen LogP contribution in [0.5, 0.6) is 5.75 Å². The lowest BCUT2D eigenvalue weighted by Crippen LogP contribution is -1.98. The molecule has 120 valence electrons. The molecule has 3 aromatic rings. The van der Waals surface area contributed by atoms with Crippen LogP contribution in [0.25, 0.3) is 11.5 Å². The average molecular weight is 327 g/mol. The average Bonchev–Trinajstić information content (AvgIpc) is 3.11. The van der Waals surface area contributed by atoms with E-state index in [2.05, 4.69) is 21.1 Å². The van der Waals surface area contributed by atoms with Gasteiger partial charge in [0.2, 0.25) is 5.89 Å². The highest BCUT2D eigenvalue weighted by molar-refractivity contribution is 5.50. The molecular formula is C17H11F2N3O2. The highest BCUT2D eigenvalue weighted by Crippen LogP contribution is 2.23. The van der Waals surface area contributed by atoms with Crippen molar-refractivity contribution >= 4 is 0 Å². The summed E-state index contributed by atoms with van der Waals surface area (Å²) in [6.07, 6.45) is 3.99. The quantitative estimate of drug-likeness (QED) is 0.670. The van der Waals surface area contributed by atoms with Crippen molar-refractivity contribution < 1.29 is 17.9 Å². The minimum absolute atomic E-state index is 0.00742. The first-order valence-electron chi connectivity index (χ1n) is 6.92. The van der Waals surface area contributed by atoms with E-state index in [1.165, 1.54) is 6.20 Å². The van der Waals surface area contributed by atoms with Gasteiger partial charge < -0.3 is 9.15 Å². The second-order valence-corrected chi connectivity index (χ2v) is 4.75. The lowest BCUT2D eigenvalue weighted by Gasteiger charge is -2.06. The number of halogens is 2. The van der Waals surface area contributed by atoms with Crippen LogP contribution in [0.4, 0.5) is 8.78 Å². The van der Waals surface area contributed by atoms with Crippen molar-refractivity contribution in [1.29, 1.82) is 0 Å². The number of ether oxygens (including phenoxy) is 1. The Balaban J connectivity index is 1.67. The molecule has 3 rings (SSSR count). The van der Waals surface area contributed by atoms with Crippen molar-refractivity contribution in [1.82, 2.24) is 15.2 Å². The zero-order valence-corrected chi connectivity index (χ0v) is 12.3. The van der Waals surface area contributed by atoms with Crippen LogP contribution in [0.1, 0.15) is 23.6 Å². The third-order valence-electron chi connectivity index (χ3n) is 3.09. The molecule has 0 amide bonds. The second kappa shape index (κ2) is 6.87. The Morgan fingerprint density at radius 3 is 2.75 bits per heavy atom. The summed E-state index contributed by atoms with van der Waals surface area (Å²) in [5, 5.41) is 6.83. The molecular weight excluding hydrogens is 316 g/mol. The van der Waals surface area contributed by atoms with Gasteiger partial charge in [-0.15, -0.1) is 16.6 Å². The van der Waals surface area contributed by atoms with E-state index in [0.29, 0.717) is 17.0 Å². The normalized spacial score (nSPS) is 10.6. The van der Waals surface area contributed by atoms with E-state index in [9.17, 15) is 8.78 Å². The summed E-state index contributed by atoms with van der Waals surface area (Å²) < 4.78 is 35.3. The number of benzene rings is 1. The molecule has 2 heterocycles. The van der Waals surface area contributed by atoms with E-state index in [1.54, 1.807) is 36.4 Å². The highest BCUT2D eigenvalue weighted by atomic mass is 19.3. The van der Waals surface area contributed by atoms with E-state index < -0.39 is 12.3 Å². The van der Waals surface area contributed by atoms with Crippen LogP contribution in [-0.4, -0.2) is 15.2 Å². The summed E-state index contributed by atoms with van der Waals surface area (Å²) in [6.45, 7) is 0.237. The molecule has 0 saturated heterocycles. The molecule has 0 aliphatic rings. The lowest BCUT2D eigenvalue weighted by atomic mass is 10.2. The molecule has 24 heavy (non-hydrogen) atoms. The van der Waals surface area contributed by atoms with Crippen molar-refractivity contribution in [3.05, 3.63) is 59.7 Å². The molecule has 0 radical (unpaired) electrons. The molecule has 0 unspecified atom stereocenters. The maximum absolute atomic E-state index is 12.4. The van der Waals surface area contributed by atoms with Crippen LogP contribution in [0.2, 0.25) is 0 Å². The molecule has 1 aromatic carbocycles. The molecule has 0 aliphatic heterocycles. The maximum atomic E-state index is 12.4. The van der Waals surface area contributed by atoms with Gasteiger partial charge in [-0.2, -0.15) is 8.78 Å². The van der Waals surface area contributed by atoms with E-state index in [4.69, 9.17) is 15.6 Å². The van der Waals surface area contributed by atoms with Gasteiger partial charge in [0.15, 0.2) is 0 Å². The van der Waals surface area contributed by atoms with Crippen LogP contribution >= 0.6 is 0 Å². The molecule has 2 aromatic heterocycles. The van der Waals surface area contributed by atoms with Crippen molar-refractivity contribution in [2.75, 3.05) is 0 Å². The van der Waals surface area contributed by atoms with Crippen LogP contribution < -0.4 is 4.74 Å². The molecule has 7 heteroatoms. The number of pyridine rings is 1. The van der Waals surface area contributed by atoms with Gasteiger partial charge in [-0.3, -0.25) is 4.98 Å². The molecule has 0 fully saturated rings. The number of rotatable bonds is 5. The third-order valence-corrected chi connectivity index (χ3v) is 3.09. The Kier molecular flexibility index (Phi) is 4.47. The first-order valence-corrected chi connectivity index (χ1v) is 6.92. The third kappa shape index (κ3) is 3.55. The van der Waals surface area contributed by atoms with Gasteiger partial charge in [0, 0.05) is 11.8 Å². The van der Waals surface area contributed by atoms with E-state index in [1.807, 2.05) is 0 Å². The fourth-order valence-corrected chi connectivity index (χ4v) is 1.91. The van der Waals surface area contributed by atoms with Gasteiger partial charge >= 0.3 is 6.43 Å². The van der Waals surface area contributed by atoms with Crippen LogP contribution in [-0.2, 0) is 6.61 Å². The summed E-state index contributed by atoms with van der Waals surface area (Å²) in [5.74, 6) is 2.44. The Morgan fingerprint density at radius 2 is 2.08 bits per heavy atom. The smallest absolute Gasteiger partial charge is 0.314 e. The number of aromatic nitrogens is 3. The summed E-state index contributed by atoms with van der Waals surface area (Å²) in [5.41, 5.74) is 1.83. The van der Waals surface area contributed by atoms with Gasteiger partial charge in [0.1, 0.15) is 12.4 Å². The largest absolute Gasteiger partial charge is 0.487 e. The Labute approximate surface area is 136 Å². The minimum Gasteiger partial charge on any atom is -0.487 e. The van der Waals surface area contributed by atoms with Gasteiger partial charge in [-0.05, 0) is 30.3 Å². The first-order chi connectivity index (χ1) is 11.7. The van der Waals surface area contributed by atoms with Crippen LogP contribution in [0.15, 0.2) is 47.0 Å². The van der Waals surface area contributed by atoms with Crippen molar-refractivity contribution in [2.45, 2.75) is 13.0 Å². The van der Waals surface area contributed by atoms with Gasteiger partial charge in [0.05, 0.1) is 11.3 Å². The summed E-state index contributed by atoms with van der Waals surface area (Å²) in [6, 6.07) is 10.5.